The van der Waals surface area contributed by atoms with Crippen molar-refractivity contribution >= 4 is 20.3 Å². The van der Waals surface area contributed by atoms with Gasteiger partial charge in [0, 0.05) is 0 Å². The Balaban J connectivity index is 2.32. The van der Waals surface area contributed by atoms with Crippen molar-refractivity contribution in [3.8, 4) is 0 Å². The van der Waals surface area contributed by atoms with Gasteiger partial charge in [-0.1, -0.05) is 60.7 Å². The lowest BCUT2D eigenvalue weighted by molar-refractivity contribution is -0.188. The smallest absolute Gasteiger partial charge is 0.326 e. The number of carbonyl (C=O) groups excluding carboxylic acids is 2. The molecule has 0 bridgehead atoms. The van der Waals surface area contributed by atoms with Crippen molar-refractivity contribution in [3.63, 3.8) is 0 Å². The highest BCUT2D eigenvalue weighted by Crippen LogP contribution is 2.62. The number of ether oxygens (including phenoxy) is 2. The van der Waals surface area contributed by atoms with E-state index in [0.29, 0.717) is 6.42 Å². The molecule has 0 amide bonds. The molecule has 172 valence electrons. The van der Waals surface area contributed by atoms with Gasteiger partial charge in [0.1, 0.15) is 5.60 Å². The highest BCUT2D eigenvalue weighted by Gasteiger charge is 2.71. The van der Waals surface area contributed by atoms with Crippen molar-refractivity contribution in [2.45, 2.75) is 57.8 Å². The van der Waals surface area contributed by atoms with E-state index < -0.39 is 31.3 Å². The zero-order valence-corrected chi connectivity index (χ0v) is 20.7. The first-order valence-corrected chi connectivity index (χ1v) is 14.8. The maximum absolute atomic E-state index is 13.7. The molecule has 1 aliphatic carbocycles. The van der Waals surface area contributed by atoms with Crippen LogP contribution in [-0.4, -0.2) is 33.5 Å². The third kappa shape index (κ3) is 4.39. The predicted octanol–water partition coefficient (Wildman–Crippen LogP) is 5.42. The molecule has 2 aromatic carbocycles. The Hall–Kier alpha value is -2.44. The number of carbonyl (C=O) groups is 2. The fraction of sp³-hybridized carbons (Fsp3) is 0.462. The lowest BCUT2D eigenvalue weighted by Crippen LogP contribution is -2.58. The molecule has 1 saturated carbocycles. The van der Waals surface area contributed by atoms with Gasteiger partial charge in [0.05, 0.1) is 13.2 Å². The van der Waals surface area contributed by atoms with Crippen molar-refractivity contribution in [1.82, 2.24) is 0 Å². The first-order valence-electron chi connectivity index (χ1n) is 11.3. The second kappa shape index (κ2) is 9.59. The Bertz CT molecular complexity index is 904. The molecule has 0 radical (unpaired) electrons. The molecular weight excluding hydrogens is 420 g/mol. The molecule has 0 aromatic heterocycles. The van der Waals surface area contributed by atoms with E-state index in [1.807, 2.05) is 60.7 Å². The summed E-state index contributed by atoms with van der Waals surface area (Å²) in [5.41, 5.74) is -0.900. The van der Waals surface area contributed by atoms with Crippen LogP contribution in [0.2, 0.25) is 19.6 Å². The molecule has 0 aliphatic heterocycles. The summed E-state index contributed by atoms with van der Waals surface area (Å²) in [6.07, 6.45) is 0.761. The number of esters is 2. The average Bonchev–Trinajstić information content (AvgIpc) is 3.11. The largest absolute Gasteiger partial charge is 0.465 e. The molecule has 3 rings (SSSR count). The first kappa shape index (κ1) is 24.2. The Kier molecular flexibility index (Phi) is 7.25. The van der Waals surface area contributed by atoms with E-state index in [1.165, 1.54) is 0 Å². The second-order valence-corrected chi connectivity index (χ2v) is 13.7. The Morgan fingerprint density at radius 1 is 0.844 bits per heavy atom. The molecule has 0 saturated heterocycles. The number of hydrogen-bond acceptors (Lipinski definition) is 5. The summed E-state index contributed by atoms with van der Waals surface area (Å²) in [7, 11) is -2.25. The lowest BCUT2D eigenvalue weighted by Gasteiger charge is -2.45. The molecule has 0 heterocycles. The normalized spacial score (nSPS) is 22.3. The number of rotatable bonds is 8. The van der Waals surface area contributed by atoms with E-state index in [4.69, 9.17) is 13.9 Å². The fourth-order valence-corrected chi connectivity index (χ4v) is 6.38. The van der Waals surface area contributed by atoms with E-state index in [0.717, 1.165) is 11.1 Å². The van der Waals surface area contributed by atoms with Crippen molar-refractivity contribution in [1.29, 1.82) is 0 Å². The maximum atomic E-state index is 13.7. The van der Waals surface area contributed by atoms with Gasteiger partial charge in [0.25, 0.3) is 0 Å². The molecule has 1 fully saturated rings. The summed E-state index contributed by atoms with van der Waals surface area (Å²) in [4.78, 5) is 27.5. The van der Waals surface area contributed by atoms with Crippen LogP contribution in [0.15, 0.2) is 60.7 Å². The fourth-order valence-electron chi connectivity index (χ4n) is 4.96. The minimum atomic E-state index is -2.25. The van der Waals surface area contributed by atoms with E-state index in [-0.39, 0.29) is 25.6 Å². The van der Waals surface area contributed by atoms with E-state index in [9.17, 15) is 9.59 Å². The van der Waals surface area contributed by atoms with Crippen molar-refractivity contribution < 1.29 is 23.5 Å². The summed E-state index contributed by atoms with van der Waals surface area (Å²) in [6.45, 7) is 10.1. The van der Waals surface area contributed by atoms with Crippen molar-refractivity contribution in [2.24, 2.45) is 5.41 Å². The Morgan fingerprint density at radius 2 is 1.34 bits per heavy atom. The van der Waals surface area contributed by atoms with Gasteiger partial charge in [-0.2, -0.15) is 0 Å². The van der Waals surface area contributed by atoms with Gasteiger partial charge in [-0.15, -0.1) is 0 Å². The summed E-state index contributed by atoms with van der Waals surface area (Å²) >= 11 is 0. The molecular formula is C26H34O5Si. The van der Waals surface area contributed by atoms with Crippen molar-refractivity contribution in [2.75, 3.05) is 13.2 Å². The molecule has 1 aliphatic rings. The molecule has 0 N–H and O–H groups in total. The van der Waals surface area contributed by atoms with Crippen LogP contribution in [0.25, 0.3) is 0 Å². The van der Waals surface area contributed by atoms with Gasteiger partial charge in [-0.25, -0.2) is 0 Å². The molecule has 5 nitrogen and oxygen atoms in total. The van der Waals surface area contributed by atoms with E-state index >= 15 is 0 Å². The summed E-state index contributed by atoms with van der Waals surface area (Å²) in [5.74, 6) is -1.21. The van der Waals surface area contributed by atoms with Crippen LogP contribution in [0.4, 0.5) is 0 Å². The molecule has 32 heavy (non-hydrogen) atoms. The van der Waals surface area contributed by atoms with Crippen LogP contribution in [-0.2, 0) is 29.1 Å². The molecule has 6 heteroatoms. The highest BCUT2D eigenvalue weighted by molar-refractivity contribution is 6.69. The van der Waals surface area contributed by atoms with E-state index in [1.54, 1.807) is 13.8 Å². The van der Waals surface area contributed by atoms with Crippen LogP contribution >= 0.6 is 0 Å². The van der Waals surface area contributed by atoms with Gasteiger partial charge in [-0.3, -0.25) is 9.59 Å². The van der Waals surface area contributed by atoms with Gasteiger partial charge in [0.2, 0.25) is 0 Å². The monoisotopic (exact) mass is 454 g/mol. The summed E-state index contributed by atoms with van der Waals surface area (Å²) in [6, 6.07) is 19.7. The summed E-state index contributed by atoms with van der Waals surface area (Å²) < 4.78 is 18.0. The molecule has 0 spiro atoms. The van der Waals surface area contributed by atoms with Gasteiger partial charge in [-0.05, 0) is 63.4 Å². The molecule has 2 aromatic rings. The van der Waals surface area contributed by atoms with Crippen LogP contribution in [0.5, 0.6) is 0 Å². The average molecular weight is 455 g/mol. The SMILES string of the molecule is CCOC(=O)C1(C(=O)OCC)C[C@@H](c2ccccc2)C[C@@]1(O[Si](C)(C)C)c1ccccc1. The van der Waals surface area contributed by atoms with Crippen LogP contribution in [0.3, 0.4) is 0 Å². The lowest BCUT2D eigenvalue weighted by atomic mass is 9.70. The number of benzene rings is 2. The number of hydrogen-bond donors (Lipinski definition) is 0. The highest BCUT2D eigenvalue weighted by atomic mass is 28.4. The van der Waals surface area contributed by atoms with E-state index in [2.05, 4.69) is 19.6 Å². The zero-order chi connectivity index (χ0) is 23.4. The third-order valence-corrected chi connectivity index (χ3v) is 6.98. The van der Waals surface area contributed by atoms with Crippen LogP contribution in [0.1, 0.15) is 43.7 Å². The van der Waals surface area contributed by atoms with Crippen LogP contribution in [0, 0.1) is 5.41 Å². The second-order valence-electron chi connectivity index (χ2n) is 9.27. The van der Waals surface area contributed by atoms with Crippen LogP contribution < -0.4 is 0 Å². The Labute approximate surface area is 192 Å². The first-order chi connectivity index (χ1) is 15.2. The van der Waals surface area contributed by atoms with Gasteiger partial charge >= 0.3 is 11.9 Å². The van der Waals surface area contributed by atoms with Crippen molar-refractivity contribution in [3.05, 3.63) is 71.8 Å². The maximum Gasteiger partial charge on any atom is 0.326 e. The summed E-state index contributed by atoms with van der Waals surface area (Å²) in [5, 5.41) is 0. The van der Waals surface area contributed by atoms with Gasteiger partial charge < -0.3 is 13.9 Å². The predicted molar refractivity (Wildman–Crippen MR) is 127 cm³/mol. The minimum absolute atomic E-state index is 0.0680. The standard InChI is InChI=1S/C26H34O5Si/c1-6-29-23(27)25(24(28)30-7-2)18-21(20-14-10-8-11-15-20)19-26(25,31-32(3,4)5)22-16-12-9-13-17-22/h8-17,21H,6-7,18-19H2,1-5H3/t21-,26-/m1/s1. The minimum Gasteiger partial charge on any atom is -0.465 e. The molecule has 2 atom stereocenters. The molecule has 0 unspecified atom stereocenters. The Morgan fingerprint density at radius 3 is 1.81 bits per heavy atom. The zero-order valence-electron chi connectivity index (χ0n) is 19.7. The quantitative estimate of drug-likeness (QED) is 0.303. The van der Waals surface area contributed by atoms with Gasteiger partial charge in [0.15, 0.2) is 13.7 Å². The third-order valence-electron chi connectivity index (χ3n) is 6.02. The topological polar surface area (TPSA) is 61.8 Å².